The van der Waals surface area contributed by atoms with E-state index in [4.69, 9.17) is 0 Å². The molecular weight excluding hydrogens is 206 g/mol. The molecule has 1 aliphatic carbocycles. The van der Waals surface area contributed by atoms with Crippen LogP contribution in [0.4, 0.5) is 5.69 Å². The van der Waals surface area contributed by atoms with Crippen molar-refractivity contribution < 1.29 is 4.58 Å². The van der Waals surface area contributed by atoms with E-state index in [1.165, 1.54) is 31.4 Å². The van der Waals surface area contributed by atoms with Crippen LogP contribution in [0.25, 0.3) is 0 Å². The van der Waals surface area contributed by atoms with E-state index in [2.05, 4.69) is 55.0 Å². The van der Waals surface area contributed by atoms with Gasteiger partial charge in [0.2, 0.25) is 5.69 Å². The predicted molar refractivity (Wildman–Crippen MR) is 71.7 cm³/mol. The van der Waals surface area contributed by atoms with E-state index in [1.807, 2.05) is 0 Å². The van der Waals surface area contributed by atoms with Crippen LogP contribution in [0.3, 0.4) is 0 Å². The normalized spacial score (nSPS) is 22.4. The highest BCUT2D eigenvalue weighted by molar-refractivity contribution is 5.70. The van der Waals surface area contributed by atoms with Crippen molar-refractivity contribution in [3.63, 3.8) is 0 Å². The molecule has 2 aliphatic rings. The summed E-state index contributed by atoms with van der Waals surface area (Å²) in [5, 5.41) is 0. The Morgan fingerprint density at radius 2 is 1.71 bits per heavy atom. The predicted octanol–water partition coefficient (Wildman–Crippen LogP) is 4.27. The Bertz CT molecular complexity index is 492. The third kappa shape index (κ3) is 1.74. The van der Waals surface area contributed by atoms with E-state index in [9.17, 15) is 0 Å². The molecule has 0 bridgehead atoms. The monoisotopic (exact) mass is 226 g/mol. The summed E-state index contributed by atoms with van der Waals surface area (Å²) in [7, 11) is 0. The van der Waals surface area contributed by atoms with Gasteiger partial charge in [0, 0.05) is 24.1 Å². The first-order valence-electron chi connectivity index (χ1n) is 6.61. The number of nitrogens with zero attached hydrogens (tertiary/aromatic N) is 1. The molecule has 0 atom stereocenters. The van der Waals surface area contributed by atoms with Crippen molar-refractivity contribution in [3.8, 4) is 0 Å². The van der Waals surface area contributed by atoms with Crippen LogP contribution in [0.15, 0.2) is 41.6 Å². The molecule has 1 heterocycles. The summed E-state index contributed by atoms with van der Waals surface area (Å²) in [6.07, 6.45) is 7.62. The second-order valence-electron chi connectivity index (χ2n) is 5.69. The first-order chi connectivity index (χ1) is 8.18. The summed E-state index contributed by atoms with van der Waals surface area (Å²) in [5.74, 6) is 0. The van der Waals surface area contributed by atoms with Crippen molar-refractivity contribution in [2.75, 3.05) is 0 Å². The zero-order chi connectivity index (χ0) is 11.9. The molecule has 1 nitrogen and oxygen atoms in total. The second-order valence-corrected chi connectivity index (χ2v) is 5.69. The number of hydrogen-bond acceptors (Lipinski definition) is 0. The maximum atomic E-state index is 2.43. The molecule has 17 heavy (non-hydrogen) atoms. The van der Waals surface area contributed by atoms with Crippen LogP contribution in [-0.2, 0) is 0 Å². The molecule has 0 saturated carbocycles. The number of benzene rings is 1. The highest BCUT2D eigenvalue weighted by Gasteiger charge is 2.41. The quantitative estimate of drug-likeness (QED) is 0.629. The third-order valence-corrected chi connectivity index (χ3v) is 3.99. The number of para-hydroxylation sites is 1. The van der Waals surface area contributed by atoms with E-state index in [-0.39, 0.29) is 5.41 Å². The van der Waals surface area contributed by atoms with Crippen molar-refractivity contribution in [2.24, 2.45) is 5.41 Å². The maximum absolute atomic E-state index is 2.43. The number of hydrogen-bond donors (Lipinski definition) is 0. The van der Waals surface area contributed by atoms with E-state index < -0.39 is 0 Å². The summed E-state index contributed by atoms with van der Waals surface area (Å²) in [5.41, 5.74) is 4.78. The van der Waals surface area contributed by atoms with Gasteiger partial charge < -0.3 is 0 Å². The van der Waals surface area contributed by atoms with Crippen LogP contribution in [0.2, 0.25) is 0 Å². The molecule has 0 N–H and O–H groups in total. The molecule has 1 heteroatoms. The van der Waals surface area contributed by atoms with Gasteiger partial charge in [0.05, 0.1) is 5.41 Å². The van der Waals surface area contributed by atoms with Crippen LogP contribution in [0.1, 0.15) is 39.5 Å². The molecule has 0 amide bonds. The SMILES string of the molecule is CC1(C)C=[N+](c2ccccc2)C2=C1CCCC2. The molecule has 0 fully saturated rings. The van der Waals surface area contributed by atoms with Crippen LogP contribution in [0, 0.1) is 5.41 Å². The van der Waals surface area contributed by atoms with Crippen molar-refractivity contribution in [2.45, 2.75) is 39.5 Å². The lowest BCUT2D eigenvalue weighted by Gasteiger charge is -2.19. The zero-order valence-electron chi connectivity index (χ0n) is 10.7. The molecule has 0 saturated heterocycles. The van der Waals surface area contributed by atoms with Gasteiger partial charge in [-0.1, -0.05) is 18.2 Å². The van der Waals surface area contributed by atoms with Gasteiger partial charge in [-0.2, -0.15) is 4.58 Å². The molecule has 88 valence electrons. The summed E-state index contributed by atoms with van der Waals surface area (Å²) < 4.78 is 2.43. The first kappa shape index (κ1) is 10.8. The Labute approximate surface area is 103 Å². The van der Waals surface area contributed by atoms with E-state index in [0.29, 0.717) is 0 Å². The summed E-state index contributed by atoms with van der Waals surface area (Å²) in [6.45, 7) is 4.69. The second kappa shape index (κ2) is 3.83. The maximum Gasteiger partial charge on any atom is 0.210 e. The molecule has 1 aliphatic heterocycles. The molecule has 1 aromatic rings. The van der Waals surface area contributed by atoms with Gasteiger partial charge in [0.25, 0.3) is 0 Å². The molecule has 0 radical (unpaired) electrons. The summed E-state index contributed by atoms with van der Waals surface area (Å²) >= 11 is 0. The van der Waals surface area contributed by atoms with Crippen molar-refractivity contribution >= 4 is 11.9 Å². The minimum Gasteiger partial charge on any atom is -0.168 e. The van der Waals surface area contributed by atoms with Crippen LogP contribution in [-0.4, -0.2) is 10.8 Å². The highest BCUT2D eigenvalue weighted by atomic mass is 15.0. The Morgan fingerprint density at radius 1 is 1.00 bits per heavy atom. The van der Waals surface area contributed by atoms with Gasteiger partial charge in [-0.15, -0.1) is 0 Å². The van der Waals surface area contributed by atoms with Gasteiger partial charge in [0.1, 0.15) is 0 Å². The van der Waals surface area contributed by atoms with Crippen LogP contribution in [0.5, 0.6) is 0 Å². The minimum atomic E-state index is 0.242. The highest BCUT2D eigenvalue weighted by Crippen LogP contribution is 2.43. The van der Waals surface area contributed by atoms with Crippen molar-refractivity contribution in [1.29, 1.82) is 0 Å². The van der Waals surface area contributed by atoms with Gasteiger partial charge in [-0.25, -0.2) is 0 Å². The molecular formula is C16H20N+. The molecule has 0 unspecified atom stereocenters. The Hall–Kier alpha value is -1.37. The lowest BCUT2D eigenvalue weighted by atomic mass is 9.80. The summed E-state index contributed by atoms with van der Waals surface area (Å²) in [4.78, 5) is 0. The number of rotatable bonds is 1. The van der Waals surface area contributed by atoms with Gasteiger partial charge >= 0.3 is 0 Å². The third-order valence-electron chi connectivity index (χ3n) is 3.99. The average molecular weight is 226 g/mol. The van der Waals surface area contributed by atoms with Crippen molar-refractivity contribution in [1.82, 2.24) is 0 Å². The molecule has 0 aromatic heterocycles. The fraction of sp³-hybridized carbons (Fsp3) is 0.438. The van der Waals surface area contributed by atoms with E-state index in [1.54, 1.807) is 11.3 Å². The Morgan fingerprint density at radius 3 is 2.47 bits per heavy atom. The standard InChI is InChI=1S/C16H20N/c1-16(2)12-17(13-8-4-3-5-9-13)15-11-7-6-10-14(15)16/h3-5,8-9,12H,6-7,10-11H2,1-2H3/q+1. The molecule has 1 aromatic carbocycles. The zero-order valence-corrected chi connectivity index (χ0v) is 10.7. The van der Waals surface area contributed by atoms with Crippen LogP contribution < -0.4 is 0 Å². The van der Waals surface area contributed by atoms with Crippen LogP contribution >= 0.6 is 0 Å². The lowest BCUT2D eigenvalue weighted by Crippen LogP contribution is -2.15. The molecule has 0 spiro atoms. The smallest absolute Gasteiger partial charge is 0.168 e. The lowest BCUT2D eigenvalue weighted by molar-refractivity contribution is -0.380. The topological polar surface area (TPSA) is 3.01 Å². The van der Waals surface area contributed by atoms with E-state index in [0.717, 1.165) is 0 Å². The first-order valence-corrected chi connectivity index (χ1v) is 6.61. The van der Waals surface area contributed by atoms with Gasteiger partial charge in [-0.05, 0) is 33.1 Å². The fourth-order valence-electron chi connectivity index (χ4n) is 3.15. The number of allylic oxidation sites excluding steroid dienone is 2. The Kier molecular flexibility index (Phi) is 2.43. The minimum absolute atomic E-state index is 0.242. The van der Waals surface area contributed by atoms with Gasteiger partial charge in [-0.3, -0.25) is 0 Å². The largest absolute Gasteiger partial charge is 0.210 e. The molecule has 3 rings (SSSR count). The fourth-order valence-corrected chi connectivity index (χ4v) is 3.15. The summed E-state index contributed by atoms with van der Waals surface area (Å²) in [6, 6.07) is 10.7. The van der Waals surface area contributed by atoms with Gasteiger partial charge in [0.15, 0.2) is 11.9 Å². The Balaban J connectivity index is 2.10. The average Bonchev–Trinajstić information content (AvgIpc) is 2.64. The van der Waals surface area contributed by atoms with Crippen molar-refractivity contribution in [3.05, 3.63) is 41.6 Å². The van der Waals surface area contributed by atoms with E-state index >= 15 is 0 Å².